The van der Waals surface area contributed by atoms with Gasteiger partial charge in [-0.25, -0.2) is 4.79 Å². The third-order valence-corrected chi connectivity index (χ3v) is 4.51. The molecule has 0 atom stereocenters. The third kappa shape index (κ3) is 3.77. The largest absolute Gasteiger partial charge is 0.465 e. The summed E-state index contributed by atoms with van der Waals surface area (Å²) >= 11 is 0. The second kappa shape index (κ2) is 7.49. The average molecular weight is 324 g/mol. The summed E-state index contributed by atoms with van der Waals surface area (Å²) < 4.78 is 4.90. The van der Waals surface area contributed by atoms with E-state index in [0.29, 0.717) is 5.56 Å². The first-order chi connectivity index (χ1) is 11.7. The summed E-state index contributed by atoms with van der Waals surface area (Å²) in [5, 5.41) is 0. The van der Waals surface area contributed by atoms with Crippen LogP contribution in [0.3, 0.4) is 0 Å². The van der Waals surface area contributed by atoms with Gasteiger partial charge in [-0.2, -0.15) is 0 Å². The van der Waals surface area contributed by atoms with Crippen LogP contribution >= 0.6 is 0 Å². The molecule has 4 heteroatoms. The molecule has 0 aliphatic carbocycles. The van der Waals surface area contributed by atoms with Crippen molar-refractivity contribution in [1.29, 1.82) is 0 Å². The molecule has 24 heavy (non-hydrogen) atoms. The van der Waals surface area contributed by atoms with E-state index in [1.54, 1.807) is 0 Å². The van der Waals surface area contributed by atoms with Gasteiger partial charge in [-0.05, 0) is 24.6 Å². The fourth-order valence-electron chi connectivity index (χ4n) is 3.25. The zero-order chi connectivity index (χ0) is 16.9. The van der Waals surface area contributed by atoms with Crippen molar-refractivity contribution >= 4 is 11.7 Å². The molecule has 0 amide bonds. The number of carbonyl (C=O) groups is 1. The number of piperazine rings is 1. The van der Waals surface area contributed by atoms with Crippen molar-refractivity contribution in [2.75, 3.05) is 38.2 Å². The minimum absolute atomic E-state index is 0.271. The Labute approximate surface area is 143 Å². The SMILES string of the molecule is COC(=O)c1ccccc1N1CCN(Cc2cccc(C)c2)CC1. The lowest BCUT2D eigenvalue weighted by Crippen LogP contribution is -2.46. The summed E-state index contributed by atoms with van der Waals surface area (Å²) in [5.41, 5.74) is 4.28. The van der Waals surface area contributed by atoms with Crippen molar-refractivity contribution in [3.8, 4) is 0 Å². The lowest BCUT2D eigenvalue weighted by Gasteiger charge is -2.36. The Balaban J connectivity index is 1.64. The molecule has 0 aromatic heterocycles. The maximum absolute atomic E-state index is 12.0. The number of rotatable bonds is 4. The van der Waals surface area contributed by atoms with Gasteiger partial charge in [-0.15, -0.1) is 0 Å². The number of esters is 1. The van der Waals surface area contributed by atoms with Crippen LogP contribution in [-0.2, 0) is 11.3 Å². The van der Waals surface area contributed by atoms with Gasteiger partial charge in [0.15, 0.2) is 0 Å². The number of carbonyl (C=O) groups excluding carboxylic acids is 1. The summed E-state index contributed by atoms with van der Waals surface area (Å²) in [7, 11) is 1.43. The minimum Gasteiger partial charge on any atom is -0.465 e. The lowest BCUT2D eigenvalue weighted by atomic mass is 10.1. The fraction of sp³-hybridized carbons (Fsp3) is 0.350. The molecule has 0 radical (unpaired) electrons. The molecule has 1 heterocycles. The highest BCUT2D eigenvalue weighted by molar-refractivity contribution is 5.95. The number of ether oxygens (including phenoxy) is 1. The summed E-state index contributed by atoms with van der Waals surface area (Å²) in [6.45, 7) is 6.92. The molecular weight excluding hydrogens is 300 g/mol. The summed E-state index contributed by atoms with van der Waals surface area (Å²) in [6, 6.07) is 16.4. The van der Waals surface area contributed by atoms with Gasteiger partial charge >= 0.3 is 5.97 Å². The maximum atomic E-state index is 12.0. The van der Waals surface area contributed by atoms with E-state index in [0.717, 1.165) is 38.4 Å². The van der Waals surface area contributed by atoms with Crippen LogP contribution in [0, 0.1) is 6.92 Å². The first-order valence-corrected chi connectivity index (χ1v) is 8.37. The molecule has 0 N–H and O–H groups in total. The normalized spacial score (nSPS) is 15.3. The molecule has 2 aromatic rings. The van der Waals surface area contributed by atoms with E-state index in [9.17, 15) is 4.79 Å². The van der Waals surface area contributed by atoms with Gasteiger partial charge in [0, 0.05) is 32.7 Å². The Morgan fingerprint density at radius 1 is 1.04 bits per heavy atom. The van der Waals surface area contributed by atoms with Gasteiger partial charge in [0.05, 0.1) is 18.4 Å². The van der Waals surface area contributed by atoms with E-state index in [-0.39, 0.29) is 5.97 Å². The number of benzene rings is 2. The van der Waals surface area contributed by atoms with Gasteiger partial charge in [0.1, 0.15) is 0 Å². The molecule has 126 valence electrons. The molecule has 0 spiro atoms. The van der Waals surface area contributed by atoms with Crippen LogP contribution in [0.4, 0.5) is 5.69 Å². The zero-order valence-electron chi connectivity index (χ0n) is 14.4. The summed E-state index contributed by atoms with van der Waals surface area (Å²) in [4.78, 5) is 16.7. The van der Waals surface area contributed by atoms with E-state index in [4.69, 9.17) is 4.74 Å². The van der Waals surface area contributed by atoms with Gasteiger partial charge in [0.25, 0.3) is 0 Å². The Kier molecular flexibility index (Phi) is 5.16. The maximum Gasteiger partial charge on any atom is 0.339 e. The molecule has 1 saturated heterocycles. The van der Waals surface area contributed by atoms with Crippen LogP contribution in [-0.4, -0.2) is 44.2 Å². The van der Waals surface area contributed by atoms with Gasteiger partial charge < -0.3 is 9.64 Å². The van der Waals surface area contributed by atoms with Gasteiger partial charge in [-0.3, -0.25) is 4.90 Å². The predicted molar refractivity (Wildman–Crippen MR) is 96.5 cm³/mol. The van der Waals surface area contributed by atoms with Crippen LogP contribution < -0.4 is 4.90 Å². The number of methoxy groups -OCH3 is 1. The predicted octanol–water partition coefficient (Wildman–Crippen LogP) is 3.10. The standard InChI is InChI=1S/C20H24N2O2/c1-16-6-5-7-17(14-16)15-21-10-12-22(13-11-21)19-9-4-3-8-18(19)20(23)24-2/h3-9,14H,10-13,15H2,1-2H3. The van der Waals surface area contributed by atoms with Crippen molar-refractivity contribution in [3.63, 3.8) is 0 Å². The van der Waals surface area contributed by atoms with Gasteiger partial charge in [-0.1, -0.05) is 42.0 Å². The molecule has 0 bridgehead atoms. The van der Waals surface area contributed by atoms with E-state index < -0.39 is 0 Å². The van der Waals surface area contributed by atoms with Crippen molar-refractivity contribution in [2.45, 2.75) is 13.5 Å². The topological polar surface area (TPSA) is 32.8 Å². The molecular formula is C20H24N2O2. The van der Waals surface area contributed by atoms with Crippen LogP contribution in [0.5, 0.6) is 0 Å². The lowest BCUT2D eigenvalue weighted by molar-refractivity contribution is 0.0601. The highest BCUT2D eigenvalue weighted by atomic mass is 16.5. The highest BCUT2D eigenvalue weighted by Crippen LogP contribution is 2.23. The molecule has 1 fully saturated rings. The number of anilines is 1. The number of aryl methyl sites for hydroxylation is 1. The second-order valence-electron chi connectivity index (χ2n) is 6.26. The van der Waals surface area contributed by atoms with E-state index >= 15 is 0 Å². The molecule has 1 aliphatic heterocycles. The molecule has 4 nitrogen and oxygen atoms in total. The van der Waals surface area contributed by atoms with E-state index in [1.807, 2.05) is 24.3 Å². The van der Waals surface area contributed by atoms with Crippen LogP contribution in [0.25, 0.3) is 0 Å². The average Bonchev–Trinajstić information content (AvgIpc) is 2.62. The molecule has 0 unspecified atom stereocenters. The van der Waals surface area contributed by atoms with Crippen LogP contribution in [0.15, 0.2) is 48.5 Å². The third-order valence-electron chi connectivity index (χ3n) is 4.51. The number of hydrogen-bond donors (Lipinski definition) is 0. The first kappa shape index (κ1) is 16.5. The van der Waals surface area contributed by atoms with Gasteiger partial charge in [0.2, 0.25) is 0 Å². The van der Waals surface area contributed by atoms with E-state index in [1.165, 1.54) is 18.2 Å². The molecule has 0 saturated carbocycles. The minimum atomic E-state index is -0.271. The van der Waals surface area contributed by atoms with Crippen molar-refractivity contribution in [3.05, 3.63) is 65.2 Å². The summed E-state index contributed by atoms with van der Waals surface area (Å²) in [5.74, 6) is -0.271. The van der Waals surface area contributed by atoms with Crippen molar-refractivity contribution in [2.24, 2.45) is 0 Å². The highest BCUT2D eigenvalue weighted by Gasteiger charge is 2.21. The first-order valence-electron chi connectivity index (χ1n) is 8.37. The second-order valence-corrected chi connectivity index (χ2v) is 6.26. The number of nitrogens with zero attached hydrogens (tertiary/aromatic N) is 2. The van der Waals surface area contributed by atoms with E-state index in [2.05, 4.69) is 41.0 Å². The Morgan fingerprint density at radius 2 is 1.79 bits per heavy atom. The Bertz CT molecular complexity index is 706. The molecule has 1 aliphatic rings. The number of hydrogen-bond acceptors (Lipinski definition) is 4. The molecule has 2 aromatic carbocycles. The fourth-order valence-corrected chi connectivity index (χ4v) is 3.25. The van der Waals surface area contributed by atoms with Crippen molar-refractivity contribution < 1.29 is 9.53 Å². The zero-order valence-corrected chi connectivity index (χ0v) is 14.4. The summed E-state index contributed by atoms with van der Waals surface area (Å²) in [6.07, 6.45) is 0. The van der Waals surface area contributed by atoms with Crippen LogP contribution in [0.2, 0.25) is 0 Å². The van der Waals surface area contributed by atoms with Crippen LogP contribution in [0.1, 0.15) is 21.5 Å². The molecule has 3 rings (SSSR count). The smallest absolute Gasteiger partial charge is 0.339 e. The quantitative estimate of drug-likeness (QED) is 0.809. The number of para-hydroxylation sites is 1. The van der Waals surface area contributed by atoms with Crippen molar-refractivity contribution in [1.82, 2.24) is 4.90 Å². The Morgan fingerprint density at radius 3 is 2.50 bits per heavy atom. The monoisotopic (exact) mass is 324 g/mol. The Hall–Kier alpha value is -2.33.